The van der Waals surface area contributed by atoms with E-state index in [1.807, 2.05) is 35.2 Å². The molecule has 6 nitrogen and oxygen atoms in total. The molecule has 1 aromatic carbocycles. The Kier molecular flexibility index (Phi) is 5.61. The Morgan fingerprint density at radius 2 is 1.64 bits per heavy atom. The van der Waals surface area contributed by atoms with E-state index in [1.54, 1.807) is 24.5 Å². The van der Waals surface area contributed by atoms with Crippen LogP contribution in [0.2, 0.25) is 0 Å². The number of nitrogens with one attached hydrogen (secondary N) is 1. The molecule has 1 N–H and O–H groups in total. The van der Waals surface area contributed by atoms with Crippen molar-refractivity contribution in [3.63, 3.8) is 0 Å². The van der Waals surface area contributed by atoms with E-state index in [1.165, 1.54) is 0 Å². The van der Waals surface area contributed by atoms with Gasteiger partial charge < -0.3 is 15.1 Å². The first-order valence-corrected chi connectivity index (χ1v) is 8.50. The zero-order valence-corrected chi connectivity index (χ0v) is 14.1. The largest absolute Gasteiger partial charge is 0.368 e. The molecule has 0 radical (unpaired) electrons. The number of hydrogen-bond acceptors (Lipinski definition) is 4. The Hall–Kier alpha value is -2.89. The summed E-state index contributed by atoms with van der Waals surface area (Å²) in [7, 11) is 0. The second-order valence-corrected chi connectivity index (χ2v) is 5.95. The Balaban J connectivity index is 1.40. The molecular weight excluding hydrogens is 316 g/mol. The van der Waals surface area contributed by atoms with Crippen molar-refractivity contribution in [3.05, 3.63) is 60.4 Å². The maximum Gasteiger partial charge on any atom is 0.251 e. The summed E-state index contributed by atoms with van der Waals surface area (Å²) in [6, 6.07) is 13.0. The molecule has 0 spiro atoms. The summed E-state index contributed by atoms with van der Waals surface area (Å²) in [4.78, 5) is 32.4. The lowest BCUT2D eigenvalue weighted by molar-refractivity contribution is -0.131. The molecule has 2 aromatic rings. The summed E-state index contributed by atoms with van der Waals surface area (Å²) in [5.74, 6) is -0.0568. The number of amides is 2. The Labute approximate surface area is 147 Å². The van der Waals surface area contributed by atoms with Crippen molar-refractivity contribution in [1.29, 1.82) is 0 Å². The van der Waals surface area contributed by atoms with Gasteiger partial charge >= 0.3 is 0 Å². The van der Waals surface area contributed by atoms with E-state index in [0.717, 1.165) is 18.8 Å². The van der Waals surface area contributed by atoms with E-state index in [2.05, 4.69) is 15.2 Å². The first-order chi connectivity index (χ1) is 12.2. The topological polar surface area (TPSA) is 65.5 Å². The predicted molar refractivity (Wildman–Crippen MR) is 96.4 cm³/mol. The van der Waals surface area contributed by atoms with Gasteiger partial charge in [0.1, 0.15) is 0 Å². The van der Waals surface area contributed by atoms with Crippen LogP contribution < -0.4 is 10.2 Å². The monoisotopic (exact) mass is 338 g/mol. The van der Waals surface area contributed by atoms with E-state index in [-0.39, 0.29) is 11.8 Å². The van der Waals surface area contributed by atoms with Gasteiger partial charge in [0.2, 0.25) is 5.91 Å². The maximum atomic E-state index is 12.3. The minimum Gasteiger partial charge on any atom is -0.368 e. The fourth-order valence-corrected chi connectivity index (χ4v) is 2.90. The lowest BCUT2D eigenvalue weighted by Crippen LogP contribution is -2.49. The van der Waals surface area contributed by atoms with Crippen molar-refractivity contribution < 1.29 is 9.59 Å². The number of carbonyl (C=O) groups excluding carboxylic acids is 2. The van der Waals surface area contributed by atoms with Gasteiger partial charge in [-0.25, -0.2) is 0 Å². The van der Waals surface area contributed by atoms with Crippen molar-refractivity contribution in [2.45, 2.75) is 6.42 Å². The molecule has 3 rings (SSSR count). The maximum absolute atomic E-state index is 12.3. The molecule has 1 aliphatic rings. The van der Waals surface area contributed by atoms with Gasteiger partial charge in [-0.2, -0.15) is 0 Å². The van der Waals surface area contributed by atoms with Gasteiger partial charge in [0.05, 0.1) is 0 Å². The lowest BCUT2D eigenvalue weighted by atomic mass is 10.2. The van der Waals surface area contributed by atoms with E-state index in [0.29, 0.717) is 31.6 Å². The molecule has 0 bridgehead atoms. The second-order valence-electron chi connectivity index (χ2n) is 5.95. The van der Waals surface area contributed by atoms with E-state index < -0.39 is 0 Å². The first kappa shape index (κ1) is 17.0. The number of rotatable bonds is 5. The number of piperazine rings is 1. The highest BCUT2D eigenvalue weighted by Crippen LogP contribution is 2.15. The molecule has 0 aliphatic carbocycles. The van der Waals surface area contributed by atoms with Crippen LogP contribution in [0, 0.1) is 0 Å². The highest BCUT2D eigenvalue weighted by Gasteiger charge is 2.21. The van der Waals surface area contributed by atoms with Crippen LogP contribution in [0.4, 0.5) is 5.69 Å². The van der Waals surface area contributed by atoms with Crippen molar-refractivity contribution in [2.24, 2.45) is 0 Å². The third-order valence-electron chi connectivity index (χ3n) is 4.32. The van der Waals surface area contributed by atoms with Crippen molar-refractivity contribution in [1.82, 2.24) is 15.2 Å². The van der Waals surface area contributed by atoms with Crippen LogP contribution in [0.5, 0.6) is 0 Å². The zero-order chi connectivity index (χ0) is 17.5. The van der Waals surface area contributed by atoms with Crippen LogP contribution >= 0.6 is 0 Å². The molecule has 1 aliphatic heterocycles. The zero-order valence-electron chi connectivity index (χ0n) is 14.1. The van der Waals surface area contributed by atoms with Gasteiger partial charge in [0.15, 0.2) is 0 Å². The fourth-order valence-electron chi connectivity index (χ4n) is 2.90. The number of benzene rings is 1. The molecule has 2 amide bonds. The van der Waals surface area contributed by atoms with E-state index in [9.17, 15) is 9.59 Å². The minimum absolute atomic E-state index is 0.0859. The summed E-state index contributed by atoms with van der Waals surface area (Å²) in [6.45, 7) is 3.39. The standard InChI is InChI=1S/C19H22N4O2/c24-18(8-11-21-19(25)16-4-2-1-3-5-16)23-14-12-22(13-15-23)17-6-9-20-10-7-17/h1-7,9-10H,8,11-15H2,(H,21,25). The van der Waals surface area contributed by atoms with E-state index in [4.69, 9.17) is 0 Å². The highest BCUT2D eigenvalue weighted by atomic mass is 16.2. The number of nitrogens with zero attached hydrogens (tertiary/aromatic N) is 3. The average Bonchev–Trinajstić information content (AvgIpc) is 2.69. The number of hydrogen-bond donors (Lipinski definition) is 1. The molecule has 1 saturated heterocycles. The van der Waals surface area contributed by atoms with Gasteiger partial charge in [-0.1, -0.05) is 18.2 Å². The molecule has 25 heavy (non-hydrogen) atoms. The second kappa shape index (κ2) is 8.28. The number of pyridine rings is 1. The van der Waals surface area contributed by atoms with Crippen LogP contribution in [-0.2, 0) is 4.79 Å². The molecule has 6 heteroatoms. The Bertz CT molecular complexity index is 698. The third kappa shape index (κ3) is 4.56. The van der Waals surface area contributed by atoms with Crippen molar-refractivity contribution in [3.8, 4) is 0 Å². The molecule has 1 fully saturated rings. The van der Waals surface area contributed by atoms with Crippen LogP contribution in [0.1, 0.15) is 16.8 Å². The minimum atomic E-state index is -0.143. The van der Waals surface area contributed by atoms with Crippen molar-refractivity contribution >= 4 is 17.5 Å². The molecule has 0 atom stereocenters. The van der Waals surface area contributed by atoms with Crippen LogP contribution in [0.15, 0.2) is 54.9 Å². The first-order valence-electron chi connectivity index (χ1n) is 8.50. The van der Waals surface area contributed by atoms with Gasteiger partial charge in [0, 0.05) is 62.8 Å². The SMILES string of the molecule is O=C(NCCC(=O)N1CCN(c2ccncc2)CC1)c1ccccc1. The van der Waals surface area contributed by atoms with Crippen LogP contribution in [0.3, 0.4) is 0 Å². The summed E-state index contributed by atoms with van der Waals surface area (Å²) in [6.07, 6.45) is 3.89. The molecule has 1 aromatic heterocycles. The molecular formula is C19H22N4O2. The number of anilines is 1. The fraction of sp³-hybridized carbons (Fsp3) is 0.316. The van der Waals surface area contributed by atoms with Gasteiger partial charge in [-0.05, 0) is 24.3 Å². The quantitative estimate of drug-likeness (QED) is 0.898. The predicted octanol–water partition coefficient (Wildman–Crippen LogP) is 1.55. The number of carbonyl (C=O) groups is 2. The summed E-state index contributed by atoms with van der Waals surface area (Å²) >= 11 is 0. The summed E-state index contributed by atoms with van der Waals surface area (Å²) in [5, 5.41) is 2.80. The van der Waals surface area contributed by atoms with Gasteiger partial charge in [0.25, 0.3) is 5.91 Å². The van der Waals surface area contributed by atoms with Crippen LogP contribution in [-0.4, -0.2) is 54.4 Å². The van der Waals surface area contributed by atoms with Gasteiger partial charge in [-0.3, -0.25) is 14.6 Å². The molecule has 2 heterocycles. The van der Waals surface area contributed by atoms with Crippen LogP contribution in [0.25, 0.3) is 0 Å². The number of aromatic nitrogens is 1. The molecule has 0 unspecified atom stereocenters. The normalized spacial score (nSPS) is 14.2. The van der Waals surface area contributed by atoms with Gasteiger partial charge in [-0.15, -0.1) is 0 Å². The smallest absolute Gasteiger partial charge is 0.251 e. The molecule has 0 saturated carbocycles. The highest BCUT2D eigenvalue weighted by molar-refractivity contribution is 5.94. The Morgan fingerprint density at radius 1 is 0.960 bits per heavy atom. The summed E-state index contributed by atoms with van der Waals surface area (Å²) in [5.41, 5.74) is 1.75. The average molecular weight is 338 g/mol. The van der Waals surface area contributed by atoms with E-state index >= 15 is 0 Å². The lowest BCUT2D eigenvalue weighted by Gasteiger charge is -2.36. The molecule has 130 valence electrons. The third-order valence-corrected chi connectivity index (χ3v) is 4.32. The summed E-state index contributed by atoms with van der Waals surface area (Å²) < 4.78 is 0. The Morgan fingerprint density at radius 3 is 2.32 bits per heavy atom. The van der Waals surface area contributed by atoms with Crippen molar-refractivity contribution in [2.75, 3.05) is 37.6 Å².